The van der Waals surface area contributed by atoms with Crippen LogP contribution in [0, 0.1) is 5.92 Å². The maximum absolute atomic E-state index is 11.8. The number of halogens is 3. The fourth-order valence-electron chi connectivity index (χ4n) is 1.15. The molecule has 1 aromatic rings. The number of ether oxygens (including phenoxy) is 1. The fraction of sp³-hybridized carbons (Fsp3) is 0.417. The van der Waals surface area contributed by atoms with Crippen molar-refractivity contribution in [2.24, 2.45) is 5.92 Å². The molecular formula is C12H13Cl3O2. The molecule has 0 radical (unpaired) electrons. The van der Waals surface area contributed by atoms with Crippen molar-refractivity contribution in [3.8, 4) is 0 Å². The first-order chi connectivity index (χ1) is 7.95. The van der Waals surface area contributed by atoms with Gasteiger partial charge in [0.1, 0.15) is 0 Å². The summed E-state index contributed by atoms with van der Waals surface area (Å²) in [5.74, 6) is -0.208. The smallest absolute Gasteiger partial charge is 0.341 e. The van der Waals surface area contributed by atoms with E-state index in [4.69, 9.17) is 39.5 Å². The standard InChI is InChI=1S/C12H13Cl3O2/c1-3-7(2)6-17-12(16)11-9(14)4-8(13)5-10(11)15/h4-5,7H,3,6H2,1-2H3. The molecule has 0 aliphatic rings. The highest BCUT2D eigenvalue weighted by Gasteiger charge is 2.17. The molecular weight excluding hydrogens is 282 g/mol. The Bertz CT molecular complexity index is 395. The molecule has 0 amide bonds. The average Bonchev–Trinajstić information content (AvgIpc) is 2.24. The van der Waals surface area contributed by atoms with Crippen molar-refractivity contribution >= 4 is 40.8 Å². The van der Waals surface area contributed by atoms with Gasteiger partial charge >= 0.3 is 5.97 Å². The summed E-state index contributed by atoms with van der Waals surface area (Å²) < 4.78 is 5.13. The van der Waals surface area contributed by atoms with Gasteiger partial charge in [-0.05, 0) is 18.1 Å². The Morgan fingerprint density at radius 2 is 1.82 bits per heavy atom. The van der Waals surface area contributed by atoms with Gasteiger partial charge in [-0.2, -0.15) is 0 Å². The molecule has 2 nitrogen and oxygen atoms in total. The van der Waals surface area contributed by atoms with Gasteiger partial charge in [0.15, 0.2) is 0 Å². The predicted molar refractivity (Wildman–Crippen MR) is 71.2 cm³/mol. The molecule has 1 rings (SSSR count). The molecule has 0 saturated carbocycles. The van der Waals surface area contributed by atoms with Crippen LogP contribution in [-0.2, 0) is 4.74 Å². The van der Waals surface area contributed by atoms with E-state index in [1.54, 1.807) is 0 Å². The van der Waals surface area contributed by atoms with Crippen molar-refractivity contribution in [3.05, 3.63) is 32.8 Å². The van der Waals surface area contributed by atoms with Crippen LogP contribution in [0.1, 0.15) is 30.6 Å². The van der Waals surface area contributed by atoms with Crippen molar-refractivity contribution in [3.63, 3.8) is 0 Å². The quantitative estimate of drug-likeness (QED) is 0.742. The molecule has 0 heterocycles. The van der Waals surface area contributed by atoms with Crippen molar-refractivity contribution < 1.29 is 9.53 Å². The minimum absolute atomic E-state index is 0.168. The average molecular weight is 296 g/mol. The van der Waals surface area contributed by atoms with Crippen molar-refractivity contribution in [2.75, 3.05) is 6.61 Å². The molecule has 0 aliphatic carbocycles. The molecule has 94 valence electrons. The summed E-state index contributed by atoms with van der Waals surface area (Å²) in [6.45, 7) is 4.38. The topological polar surface area (TPSA) is 26.3 Å². The molecule has 0 saturated heterocycles. The molecule has 0 aliphatic heterocycles. The molecule has 1 aromatic carbocycles. The first-order valence-corrected chi connectivity index (χ1v) is 6.40. The number of esters is 1. The number of hydrogen-bond acceptors (Lipinski definition) is 2. The summed E-state index contributed by atoms with van der Waals surface area (Å²) in [4.78, 5) is 11.8. The Balaban J connectivity index is 2.82. The van der Waals surface area contributed by atoms with Crippen LogP contribution >= 0.6 is 34.8 Å². The van der Waals surface area contributed by atoms with Gasteiger partial charge in [0.2, 0.25) is 0 Å². The molecule has 5 heteroatoms. The Kier molecular flexibility index (Phi) is 5.57. The van der Waals surface area contributed by atoms with Crippen LogP contribution in [0.4, 0.5) is 0 Å². The zero-order valence-corrected chi connectivity index (χ0v) is 11.9. The molecule has 1 unspecified atom stereocenters. The van der Waals surface area contributed by atoms with E-state index in [2.05, 4.69) is 0 Å². The maximum atomic E-state index is 11.8. The zero-order chi connectivity index (χ0) is 13.0. The van der Waals surface area contributed by atoms with Crippen LogP contribution in [0.3, 0.4) is 0 Å². The summed E-state index contributed by atoms with van der Waals surface area (Å²) in [6, 6.07) is 2.93. The van der Waals surface area contributed by atoms with E-state index in [-0.39, 0.29) is 15.6 Å². The van der Waals surface area contributed by atoms with Crippen molar-refractivity contribution in [2.45, 2.75) is 20.3 Å². The summed E-state index contributed by atoms with van der Waals surface area (Å²) in [5.41, 5.74) is 0.168. The van der Waals surface area contributed by atoms with E-state index in [9.17, 15) is 4.79 Å². The van der Waals surface area contributed by atoms with Gasteiger partial charge < -0.3 is 4.74 Å². The van der Waals surface area contributed by atoms with Crippen LogP contribution in [0.25, 0.3) is 0 Å². The molecule has 17 heavy (non-hydrogen) atoms. The third-order valence-electron chi connectivity index (χ3n) is 2.41. The van der Waals surface area contributed by atoms with Gasteiger partial charge in [0, 0.05) is 5.02 Å². The zero-order valence-electron chi connectivity index (χ0n) is 9.60. The Labute approximate surface area is 116 Å². The molecule has 0 fully saturated rings. The monoisotopic (exact) mass is 294 g/mol. The highest BCUT2D eigenvalue weighted by Crippen LogP contribution is 2.29. The molecule has 1 atom stereocenters. The Morgan fingerprint density at radius 1 is 1.29 bits per heavy atom. The highest BCUT2D eigenvalue weighted by molar-refractivity contribution is 6.41. The van der Waals surface area contributed by atoms with Crippen LogP contribution in [-0.4, -0.2) is 12.6 Å². The predicted octanol–water partition coefficient (Wildman–Crippen LogP) is 4.85. The van der Waals surface area contributed by atoms with Gasteiger partial charge in [0.05, 0.1) is 22.2 Å². The Morgan fingerprint density at radius 3 is 2.29 bits per heavy atom. The number of rotatable bonds is 4. The number of carbonyl (C=O) groups excluding carboxylic acids is 1. The van der Waals surface area contributed by atoms with Gasteiger partial charge in [-0.3, -0.25) is 0 Å². The number of benzene rings is 1. The summed E-state index contributed by atoms with van der Waals surface area (Å²) in [5, 5.41) is 0.798. The van der Waals surface area contributed by atoms with Crippen molar-refractivity contribution in [1.82, 2.24) is 0 Å². The van der Waals surface area contributed by atoms with Crippen LogP contribution in [0.2, 0.25) is 15.1 Å². The fourth-order valence-corrected chi connectivity index (χ4v) is 2.12. The largest absolute Gasteiger partial charge is 0.462 e. The normalized spacial score (nSPS) is 12.3. The van der Waals surface area contributed by atoms with Gasteiger partial charge in [-0.25, -0.2) is 4.79 Å². The number of hydrogen-bond donors (Lipinski definition) is 0. The second-order valence-electron chi connectivity index (χ2n) is 3.86. The summed E-state index contributed by atoms with van der Waals surface area (Å²) in [7, 11) is 0. The lowest BCUT2D eigenvalue weighted by Crippen LogP contribution is -2.12. The van der Waals surface area contributed by atoms with E-state index >= 15 is 0 Å². The SMILES string of the molecule is CCC(C)COC(=O)c1c(Cl)cc(Cl)cc1Cl. The van der Waals surface area contributed by atoms with Gasteiger partial charge in [-0.15, -0.1) is 0 Å². The van der Waals surface area contributed by atoms with E-state index < -0.39 is 5.97 Å². The molecule has 0 bridgehead atoms. The molecule has 0 aromatic heterocycles. The third kappa shape index (κ3) is 4.06. The van der Waals surface area contributed by atoms with Gasteiger partial charge in [-0.1, -0.05) is 55.1 Å². The first-order valence-electron chi connectivity index (χ1n) is 5.27. The number of carbonyl (C=O) groups is 1. The van der Waals surface area contributed by atoms with Crippen LogP contribution in [0.15, 0.2) is 12.1 Å². The second-order valence-corrected chi connectivity index (χ2v) is 5.11. The second kappa shape index (κ2) is 6.48. The van der Waals surface area contributed by atoms with Crippen molar-refractivity contribution in [1.29, 1.82) is 0 Å². The molecule has 0 spiro atoms. The van der Waals surface area contributed by atoms with Crippen LogP contribution < -0.4 is 0 Å². The molecule has 0 N–H and O–H groups in total. The lowest BCUT2D eigenvalue weighted by Gasteiger charge is -2.11. The first kappa shape index (κ1) is 14.6. The third-order valence-corrected chi connectivity index (χ3v) is 3.22. The minimum Gasteiger partial charge on any atom is -0.462 e. The highest BCUT2D eigenvalue weighted by atomic mass is 35.5. The maximum Gasteiger partial charge on any atom is 0.341 e. The lowest BCUT2D eigenvalue weighted by atomic mass is 10.1. The van der Waals surface area contributed by atoms with E-state index in [1.807, 2.05) is 13.8 Å². The van der Waals surface area contributed by atoms with E-state index in [0.717, 1.165) is 6.42 Å². The summed E-state index contributed by atoms with van der Waals surface area (Å²) in [6.07, 6.45) is 0.940. The van der Waals surface area contributed by atoms with Crippen LogP contribution in [0.5, 0.6) is 0 Å². The van der Waals surface area contributed by atoms with E-state index in [0.29, 0.717) is 17.5 Å². The minimum atomic E-state index is -0.517. The van der Waals surface area contributed by atoms with Gasteiger partial charge in [0.25, 0.3) is 0 Å². The van der Waals surface area contributed by atoms with E-state index in [1.165, 1.54) is 12.1 Å². The Hall–Kier alpha value is -0.440. The summed E-state index contributed by atoms with van der Waals surface area (Å²) >= 11 is 17.6. The lowest BCUT2D eigenvalue weighted by molar-refractivity contribution is 0.0447.